The lowest BCUT2D eigenvalue weighted by atomic mass is 10.0. The highest BCUT2D eigenvalue weighted by molar-refractivity contribution is 5.80. The van der Waals surface area contributed by atoms with E-state index in [0.717, 1.165) is 6.42 Å². The summed E-state index contributed by atoms with van der Waals surface area (Å²) in [5.74, 6) is 0.570. The third kappa shape index (κ3) is 1.78. The summed E-state index contributed by atoms with van der Waals surface area (Å²) in [4.78, 5) is 13.8. The van der Waals surface area contributed by atoms with Gasteiger partial charge in [-0.3, -0.25) is 9.69 Å². The van der Waals surface area contributed by atoms with Gasteiger partial charge in [0, 0.05) is 11.6 Å². The Hall–Kier alpha value is -0.570. The summed E-state index contributed by atoms with van der Waals surface area (Å²) >= 11 is 0. The highest BCUT2D eigenvalue weighted by atomic mass is 16.1. The SMILES string of the molecule is CC(C)(C)N1C(C(N)=O)CC2CCCC21. The molecule has 1 amide bonds. The fraction of sp³-hybridized carbons (Fsp3) is 0.917. The molecule has 0 spiro atoms. The summed E-state index contributed by atoms with van der Waals surface area (Å²) in [5, 5.41) is 0. The van der Waals surface area contributed by atoms with E-state index in [9.17, 15) is 4.79 Å². The number of nitrogens with two attached hydrogens (primary N) is 1. The summed E-state index contributed by atoms with van der Waals surface area (Å²) in [5.41, 5.74) is 5.57. The first-order valence-corrected chi connectivity index (χ1v) is 5.99. The van der Waals surface area contributed by atoms with E-state index < -0.39 is 0 Å². The van der Waals surface area contributed by atoms with Gasteiger partial charge < -0.3 is 5.73 Å². The molecule has 15 heavy (non-hydrogen) atoms. The zero-order valence-electron chi connectivity index (χ0n) is 9.99. The number of rotatable bonds is 1. The summed E-state index contributed by atoms with van der Waals surface area (Å²) < 4.78 is 0. The van der Waals surface area contributed by atoms with Crippen LogP contribution in [0, 0.1) is 5.92 Å². The lowest BCUT2D eigenvalue weighted by molar-refractivity contribution is -0.124. The molecule has 2 aliphatic rings. The van der Waals surface area contributed by atoms with Gasteiger partial charge >= 0.3 is 0 Å². The maximum atomic E-state index is 11.5. The maximum absolute atomic E-state index is 11.5. The fourth-order valence-electron chi connectivity index (χ4n) is 3.51. The van der Waals surface area contributed by atoms with Crippen molar-refractivity contribution in [1.29, 1.82) is 0 Å². The molecule has 0 radical (unpaired) electrons. The molecule has 86 valence electrons. The second-order valence-electron chi connectivity index (χ2n) is 5.99. The summed E-state index contributed by atoms with van der Waals surface area (Å²) in [6, 6.07) is 0.572. The molecule has 0 aromatic heterocycles. The van der Waals surface area contributed by atoms with Crippen LogP contribution in [0.5, 0.6) is 0 Å². The Morgan fingerprint density at radius 2 is 2.00 bits per heavy atom. The largest absolute Gasteiger partial charge is 0.368 e. The van der Waals surface area contributed by atoms with Crippen LogP contribution in [-0.2, 0) is 4.79 Å². The van der Waals surface area contributed by atoms with E-state index in [2.05, 4.69) is 25.7 Å². The lowest BCUT2D eigenvalue weighted by Crippen LogP contribution is -2.53. The zero-order valence-corrected chi connectivity index (χ0v) is 9.99. The molecule has 1 aliphatic heterocycles. The van der Waals surface area contributed by atoms with Crippen molar-refractivity contribution in [2.75, 3.05) is 0 Å². The van der Waals surface area contributed by atoms with Crippen LogP contribution in [0.15, 0.2) is 0 Å². The number of hydrogen-bond donors (Lipinski definition) is 1. The van der Waals surface area contributed by atoms with E-state index in [1.165, 1.54) is 19.3 Å². The van der Waals surface area contributed by atoms with E-state index in [4.69, 9.17) is 5.73 Å². The van der Waals surface area contributed by atoms with Gasteiger partial charge in [0.25, 0.3) is 0 Å². The predicted octanol–water partition coefficient (Wildman–Crippen LogP) is 1.51. The molecule has 1 saturated heterocycles. The monoisotopic (exact) mass is 210 g/mol. The van der Waals surface area contributed by atoms with E-state index in [0.29, 0.717) is 12.0 Å². The number of fused-ring (bicyclic) bond motifs is 1. The third-order valence-corrected chi connectivity index (χ3v) is 3.94. The predicted molar refractivity (Wildman–Crippen MR) is 60.3 cm³/mol. The highest BCUT2D eigenvalue weighted by Gasteiger charge is 2.49. The van der Waals surface area contributed by atoms with Crippen LogP contribution < -0.4 is 5.73 Å². The second kappa shape index (κ2) is 3.48. The molecule has 3 atom stereocenters. The molecule has 1 saturated carbocycles. The smallest absolute Gasteiger partial charge is 0.234 e. The number of carbonyl (C=O) groups is 1. The Kier molecular flexibility index (Phi) is 2.53. The molecule has 1 heterocycles. The van der Waals surface area contributed by atoms with Crippen LogP contribution in [0.3, 0.4) is 0 Å². The first-order chi connectivity index (χ1) is 6.91. The van der Waals surface area contributed by atoms with Crippen molar-refractivity contribution in [3.8, 4) is 0 Å². The van der Waals surface area contributed by atoms with Gasteiger partial charge in [0.2, 0.25) is 5.91 Å². The van der Waals surface area contributed by atoms with Crippen molar-refractivity contribution in [3.63, 3.8) is 0 Å². The number of hydrogen-bond acceptors (Lipinski definition) is 2. The Labute approximate surface area is 92.0 Å². The molecular weight excluding hydrogens is 188 g/mol. The second-order valence-corrected chi connectivity index (χ2v) is 5.99. The van der Waals surface area contributed by atoms with Gasteiger partial charge in [0.15, 0.2) is 0 Å². The fourth-order valence-corrected chi connectivity index (χ4v) is 3.51. The first-order valence-electron chi connectivity index (χ1n) is 5.99. The van der Waals surface area contributed by atoms with E-state index in [1.807, 2.05) is 0 Å². The Morgan fingerprint density at radius 1 is 1.33 bits per heavy atom. The molecule has 2 rings (SSSR count). The molecule has 0 aromatic carbocycles. The van der Waals surface area contributed by atoms with E-state index in [-0.39, 0.29) is 17.5 Å². The van der Waals surface area contributed by atoms with Crippen molar-refractivity contribution >= 4 is 5.91 Å². The summed E-state index contributed by atoms with van der Waals surface area (Å²) in [6.45, 7) is 6.55. The minimum Gasteiger partial charge on any atom is -0.368 e. The standard InChI is InChI=1S/C12H22N2O/c1-12(2,3)14-9-6-4-5-8(9)7-10(14)11(13)15/h8-10H,4-7H2,1-3H3,(H2,13,15). The number of nitrogens with zero attached hydrogens (tertiary/aromatic N) is 1. The van der Waals surface area contributed by atoms with Gasteiger partial charge in [0.1, 0.15) is 0 Å². The highest BCUT2D eigenvalue weighted by Crippen LogP contribution is 2.44. The lowest BCUT2D eigenvalue weighted by Gasteiger charge is -2.40. The minimum atomic E-state index is -0.140. The topological polar surface area (TPSA) is 46.3 Å². The van der Waals surface area contributed by atoms with E-state index >= 15 is 0 Å². The maximum Gasteiger partial charge on any atom is 0.234 e. The molecule has 2 fully saturated rings. The molecule has 3 heteroatoms. The molecule has 0 bridgehead atoms. The summed E-state index contributed by atoms with van der Waals surface area (Å²) in [7, 11) is 0. The minimum absolute atomic E-state index is 0.0275. The normalized spacial score (nSPS) is 36.9. The van der Waals surface area contributed by atoms with Crippen LogP contribution in [0.4, 0.5) is 0 Å². The average Bonchev–Trinajstić information content (AvgIpc) is 2.56. The van der Waals surface area contributed by atoms with Crippen LogP contribution >= 0.6 is 0 Å². The first kappa shape index (κ1) is 10.9. The van der Waals surface area contributed by atoms with Gasteiger partial charge in [-0.15, -0.1) is 0 Å². The number of amides is 1. The quantitative estimate of drug-likeness (QED) is 0.713. The van der Waals surface area contributed by atoms with Gasteiger partial charge in [-0.1, -0.05) is 6.42 Å². The Morgan fingerprint density at radius 3 is 2.53 bits per heavy atom. The van der Waals surface area contributed by atoms with Gasteiger partial charge in [0.05, 0.1) is 6.04 Å². The molecule has 1 aliphatic carbocycles. The van der Waals surface area contributed by atoms with E-state index in [1.54, 1.807) is 0 Å². The van der Waals surface area contributed by atoms with Gasteiger partial charge in [-0.25, -0.2) is 0 Å². The molecule has 3 unspecified atom stereocenters. The zero-order chi connectivity index (χ0) is 11.2. The molecule has 3 nitrogen and oxygen atoms in total. The number of primary amides is 1. The molecule has 2 N–H and O–H groups in total. The van der Waals surface area contributed by atoms with Crippen molar-refractivity contribution in [3.05, 3.63) is 0 Å². The molecule has 0 aromatic rings. The molecular formula is C12H22N2O. The van der Waals surface area contributed by atoms with Crippen LogP contribution in [0.25, 0.3) is 0 Å². The number of carbonyl (C=O) groups excluding carboxylic acids is 1. The summed E-state index contributed by atoms with van der Waals surface area (Å²) in [6.07, 6.45) is 4.82. The number of likely N-dealkylation sites (tertiary alicyclic amines) is 1. The van der Waals surface area contributed by atoms with Gasteiger partial charge in [-0.2, -0.15) is 0 Å². The van der Waals surface area contributed by atoms with Crippen molar-refractivity contribution in [2.24, 2.45) is 11.7 Å². The van der Waals surface area contributed by atoms with Crippen LogP contribution in [0.1, 0.15) is 46.5 Å². The van der Waals surface area contributed by atoms with Crippen LogP contribution in [0.2, 0.25) is 0 Å². The van der Waals surface area contributed by atoms with Crippen molar-refractivity contribution < 1.29 is 4.79 Å². The average molecular weight is 210 g/mol. The third-order valence-electron chi connectivity index (χ3n) is 3.94. The Bertz CT molecular complexity index is 269. The van der Waals surface area contributed by atoms with Crippen molar-refractivity contribution in [2.45, 2.75) is 64.1 Å². The van der Waals surface area contributed by atoms with Gasteiger partial charge in [-0.05, 0) is 46.0 Å². The van der Waals surface area contributed by atoms with Crippen molar-refractivity contribution in [1.82, 2.24) is 4.90 Å². The van der Waals surface area contributed by atoms with Crippen LogP contribution in [-0.4, -0.2) is 28.4 Å². The Balaban J connectivity index is 2.25.